The lowest BCUT2D eigenvalue weighted by atomic mass is 9.80. The zero-order valence-corrected chi connectivity index (χ0v) is 12.9. The first-order chi connectivity index (χ1) is 9.94. The SMILES string of the molecule is CC1CCC(C)N(C(=O)NCC2(C(=O)O)CCOCC2)C1. The zero-order valence-electron chi connectivity index (χ0n) is 12.9. The summed E-state index contributed by atoms with van der Waals surface area (Å²) < 4.78 is 5.24. The molecule has 21 heavy (non-hydrogen) atoms. The molecule has 2 aliphatic rings. The molecule has 0 aromatic carbocycles. The van der Waals surface area contributed by atoms with E-state index in [-0.39, 0.29) is 18.6 Å². The van der Waals surface area contributed by atoms with Crippen LogP contribution in [-0.2, 0) is 9.53 Å². The Hall–Kier alpha value is -1.30. The molecule has 2 fully saturated rings. The summed E-state index contributed by atoms with van der Waals surface area (Å²) in [6.07, 6.45) is 3.05. The van der Waals surface area contributed by atoms with Crippen LogP contribution in [-0.4, -0.2) is 54.4 Å². The first-order valence-electron chi connectivity index (χ1n) is 7.80. The van der Waals surface area contributed by atoms with Gasteiger partial charge in [0.1, 0.15) is 0 Å². The van der Waals surface area contributed by atoms with Gasteiger partial charge in [0.15, 0.2) is 0 Å². The number of hydrogen-bond acceptors (Lipinski definition) is 3. The van der Waals surface area contributed by atoms with Crippen molar-refractivity contribution in [3.05, 3.63) is 0 Å². The Kier molecular flexibility index (Phi) is 5.08. The number of aliphatic carboxylic acids is 1. The summed E-state index contributed by atoms with van der Waals surface area (Å²) in [5.41, 5.74) is -0.876. The molecule has 0 aromatic heterocycles. The highest BCUT2D eigenvalue weighted by Gasteiger charge is 2.41. The average molecular weight is 298 g/mol. The molecule has 0 bridgehead atoms. The molecule has 2 unspecified atom stereocenters. The summed E-state index contributed by atoms with van der Waals surface area (Å²) in [5, 5.41) is 12.3. The number of carboxylic acids is 1. The van der Waals surface area contributed by atoms with E-state index in [0.717, 1.165) is 19.4 Å². The number of rotatable bonds is 3. The molecule has 2 rings (SSSR count). The first kappa shape index (κ1) is 16.1. The maximum atomic E-state index is 12.4. The summed E-state index contributed by atoms with van der Waals surface area (Å²) in [6, 6.07) is 0.0813. The fourth-order valence-corrected chi connectivity index (χ4v) is 3.15. The highest BCUT2D eigenvalue weighted by molar-refractivity contribution is 5.78. The van der Waals surface area contributed by atoms with E-state index in [1.165, 1.54) is 0 Å². The van der Waals surface area contributed by atoms with E-state index >= 15 is 0 Å². The van der Waals surface area contributed by atoms with Crippen LogP contribution in [0.3, 0.4) is 0 Å². The number of carbonyl (C=O) groups excluding carboxylic acids is 1. The Balaban J connectivity index is 1.94. The van der Waals surface area contributed by atoms with E-state index in [1.807, 2.05) is 11.8 Å². The van der Waals surface area contributed by atoms with Crippen LogP contribution in [0.4, 0.5) is 4.79 Å². The molecule has 0 spiro atoms. The number of piperidine rings is 1. The van der Waals surface area contributed by atoms with Crippen LogP contribution in [0.5, 0.6) is 0 Å². The van der Waals surface area contributed by atoms with Crippen molar-refractivity contribution < 1.29 is 19.4 Å². The van der Waals surface area contributed by atoms with Crippen molar-refractivity contribution in [2.45, 2.75) is 45.6 Å². The number of amides is 2. The molecule has 6 heteroatoms. The third kappa shape index (κ3) is 3.67. The van der Waals surface area contributed by atoms with Crippen molar-refractivity contribution in [2.24, 2.45) is 11.3 Å². The minimum absolute atomic E-state index is 0.138. The minimum atomic E-state index is -0.876. The third-order valence-electron chi connectivity index (χ3n) is 4.86. The average Bonchev–Trinajstić information content (AvgIpc) is 2.48. The summed E-state index contributed by atoms with van der Waals surface area (Å²) >= 11 is 0. The van der Waals surface area contributed by atoms with Gasteiger partial charge in [0.25, 0.3) is 0 Å². The molecule has 0 saturated carbocycles. The second-order valence-electron chi connectivity index (χ2n) is 6.54. The number of carboxylic acid groups (broad SMARTS) is 1. The van der Waals surface area contributed by atoms with E-state index in [1.54, 1.807) is 0 Å². The number of nitrogens with one attached hydrogen (secondary N) is 1. The monoisotopic (exact) mass is 298 g/mol. The van der Waals surface area contributed by atoms with Crippen LogP contribution in [0.25, 0.3) is 0 Å². The Morgan fingerprint density at radius 1 is 1.29 bits per heavy atom. The second kappa shape index (κ2) is 6.64. The van der Waals surface area contributed by atoms with Gasteiger partial charge in [0.2, 0.25) is 0 Å². The molecule has 0 radical (unpaired) electrons. The van der Waals surface area contributed by atoms with Crippen LogP contribution in [0.1, 0.15) is 39.5 Å². The molecule has 2 atom stereocenters. The summed E-state index contributed by atoms with van der Waals surface area (Å²) in [6.45, 7) is 6.01. The Labute approximate surface area is 125 Å². The standard InChI is InChI=1S/C15H26N2O4/c1-11-3-4-12(2)17(9-11)14(20)16-10-15(13(18)19)5-7-21-8-6-15/h11-12H,3-10H2,1-2H3,(H,16,20)(H,18,19). The number of urea groups is 1. The van der Waals surface area contributed by atoms with Crippen molar-refractivity contribution >= 4 is 12.0 Å². The molecule has 0 aromatic rings. The fraction of sp³-hybridized carbons (Fsp3) is 0.867. The number of nitrogens with zero attached hydrogens (tertiary/aromatic N) is 1. The van der Waals surface area contributed by atoms with E-state index in [0.29, 0.717) is 32.0 Å². The zero-order chi connectivity index (χ0) is 15.5. The number of ether oxygens (including phenoxy) is 1. The summed E-state index contributed by atoms with van der Waals surface area (Å²) in [5.74, 6) is -0.338. The predicted molar refractivity (Wildman–Crippen MR) is 78.1 cm³/mol. The highest BCUT2D eigenvalue weighted by atomic mass is 16.5. The maximum Gasteiger partial charge on any atom is 0.317 e. The lowest BCUT2D eigenvalue weighted by Gasteiger charge is -2.38. The molecule has 120 valence electrons. The molecule has 6 nitrogen and oxygen atoms in total. The molecule has 2 heterocycles. The topological polar surface area (TPSA) is 78.9 Å². The van der Waals surface area contributed by atoms with Crippen LogP contribution in [0, 0.1) is 11.3 Å². The molecular weight excluding hydrogens is 272 g/mol. The van der Waals surface area contributed by atoms with Crippen molar-refractivity contribution in [1.82, 2.24) is 10.2 Å². The molecule has 2 amide bonds. The molecule has 2 aliphatic heterocycles. The van der Waals surface area contributed by atoms with Gasteiger partial charge in [-0.3, -0.25) is 4.79 Å². The van der Waals surface area contributed by atoms with E-state index < -0.39 is 11.4 Å². The number of hydrogen-bond donors (Lipinski definition) is 2. The lowest BCUT2D eigenvalue weighted by molar-refractivity contribution is -0.154. The van der Waals surface area contributed by atoms with Gasteiger partial charge in [0.05, 0.1) is 5.41 Å². The van der Waals surface area contributed by atoms with Crippen LogP contribution >= 0.6 is 0 Å². The first-order valence-corrected chi connectivity index (χ1v) is 7.80. The van der Waals surface area contributed by atoms with E-state index in [2.05, 4.69) is 12.2 Å². The van der Waals surface area contributed by atoms with Gasteiger partial charge in [-0.1, -0.05) is 6.92 Å². The largest absolute Gasteiger partial charge is 0.481 e. The van der Waals surface area contributed by atoms with Gasteiger partial charge < -0.3 is 20.1 Å². The van der Waals surface area contributed by atoms with Crippen molar-refractivity contribution in [2.75, 3.05) is 26.3 Å². The van der Waals surface area contributed by atoms with E-state index in [9.17, 15) is 14.7 Å². The second-order valence-corrected chi connectivity index (χ2v) is 6.54. The van der Waals surface area contributed by atoms with Gasteiger partial charge in [-0.15, -0.1) is 0 Å². The quantitative estimate of drug-likeness (QED) is 0.831. The Morgan fingerprint density at radius 3 is 2.57 bits per heavy atom. The van der Waals surface area contributed by atoms with Crippen LogP contribution in [0.2, 0.25) is 0 Å². The molecule has 2 saturated heterocycles. The fourth-order valence-electron chi connectivity index (χ4n) is 3.15. The third-order valence-corrected chi connectivity index (χ3v) is 4.86. The Bertz CT molecular complexity index is 393. The van der Waals surface area contributed by atoms with Crippen molar-refractivity contribution in [3.63, 3.8) is 0 Å². The molecule has 0 aliphatic carbocycles. The highest BCUT2D eigenvalue weighted by Crippen LogP contribution is 2.30. The van der Waals surface area contributed by atoms with Gasteiger partial charge in [0, 0.05) is 32.3 Å². The lowest BCUT2D eigenvalue weighted by Crippen LogP contribution is -2.53. The molecule has 2 N–H and O–H groups in total. The van der Waals surface area contributed by atoms with Crippen molar-refractivity contribution in [3.8, 4) is 0 Å². The van der Waals surface area contributed by atoms with Gasteiger partial charge in [-0.25, -0.2) is 4.79 Å². The van der Waals surface area contributed by atoms with Gasteiger partial charge >= 0.3 is 12.0 Å². The van der Waals surface area contributed by atoms with Crippen LogP contribution in [0.15, 0.2) is 0 Å². The predicted octanol–water partition coefficient (Wildman–Crippen LogP) is 1.70. The van der Waals surface area contributed by atoms with Gasteiger partial charge in [-0.2, -0.15) is 0 Å². The van der Waals surface area contributed by atoms with E-state index in [4.69, 9.17) is 4.74 Å². The minimum Gasteiger partial charge on any atom is -0.481 e. The van der Waals surface area contributed by atoms with Crippen LogP contribution < -0.4 is 5.32 Å². The van der Waals surface area contributed by atoms with Gasteiger partial charge in [-0.05, 0) is 38.5 Å². The van der Waals surface area contributed by atoms with Crippen molar-refractivity contribution in [1.29, 1.82) is 0 Å². The summed E-state index contributed by atoms with van der Waals surface area (Å²) in [7, 11) is 0. The molecular formula is C15H26N2O4. The normalized spacial score (nSPS) is 29.0. The Morgan fingerprint density at radius 2 is 1.95 bits per heavy atom. The maximum absolute atomic E-state index is 12.4. The smallest absolute Gasteiger partial charge is 0.317 e. The number of carbonyl (C=O) groups is 2. The number of likely N-dealkylation sites (tertiary alicyclic amines) is 1. The summed E-state index contributed by atoms with van der Waals surface area (Å²) in [4.78, 5) is 25.7.